The van der Waals surface area contributed by atoms with Gasteiger partial charge in [0.15, 0.2) is 0 Å². The Labute approximate surface area is 158 Å². The van der Waals surface area contributed by atoms with Crippen molar-refractivity contribution in [2.45, 2.75) is 42.3 Å². The first-order chi connectivity index (χ1) is 10.9. The Morgan fingerprint density at radius 2 is 1.57 bits per heavy atom. The lowest BCUT2D eigenvalue weighted by Crippen LogP contribution is -2.54. The summed E-state index contributed by atoms with van der Waals surface area (Å²) in [4.78, 5) is 0. The molecule has 5 rings (SSSR count). The topological polar surface area (TPSA) is 0 Å². The minimum absolute atomic E-state index is 0.413. The summed E-state index contributed by atoms with van der Waals surface area (Å²) in [6.07, 6.45) is 4.20. The molecular weight excluding hydrogens is 356 g/mol. The number of hydrogen-bond donors (Lipinski definition) is 0. The quantitative estimate of drug-likeness (QED) is 0.481. The highest BCUT2D eigenvalue weighted by Gasteiger charge is 2.71. The van der Waals surface area contributed by atoms with Crippen LogP contribution >= 0.6 is 47.0 Å². The predicted octanol–water partition coefficient (Wildman–Crippen LogP) is 5.84. The van der Waals surface area contributed by atoms with E-state index in [-0.39, 0.29) is 0 Å². The number of thioether (sulfide) groups is 4. The first-order valence-corrected chi connectivity index (χ1v) is 13.1. The van der Waals surface area contributed by atoms with Gasteiger partial charge in [0.1, 0.15) is 0 Å². The van der Waals surface area contributed by atoms with Crippen molar-refractivity contribution >= 4 is 47.0 Å². The van der Waals surface area contributed by atoms with Crippen LogP contribution in [0.2, 0.25) is 0 Å². The molecule has 4 bridgehead atoms. The molecule has 4 heteroatoms. The molecule has 0 aromatic heterocycles. The van der Waals surface area contributed by atoms with Crippen LogP contribution in [0, 0.1) is 35.0 Å². The maximum atomic E-state index is 2.74. The predicted molar refractivity (Wildman–Crippen MR) is 111 cm³/mol. The molecule has 2 aliphatic heterocycles. The highest BCUT2D eigenvalue weighted by Crippen LogP contribution is 2.78. The summed E-state index contributed by atoms with van der Waals surface area (Å²) < 4.78 is 0.921. The maximum absolute atomic E-state index is 2.74. The first kappa shape index (κ1) is 16.3. The standard InChI is InChI=1S/C19H28S4/c1-11-9-18(20-5-6-21-18)15-12(2)13-10-19(22-7-8-23-19)17(3,4)16(15)14(11)13/h9,12-16H,5-8,10H2,1-4H3/t12-,13+,14+,15-,16-/m0/s1. The molecule has 2 spiro atoms. The van der Waals surface area contributed by atoms with Gasteiger partial charge >= 0.3 is 0 Å². The van der Waals surface area contributed by atoms with Gasteiger partial charge in [-0.25, -0.2) is 0 Å². The smallest absolute Gasteiger partial charge is 0.0828 e. The van der Waals surface area contributed by atoms with Crippen LogP contribution in [-0.4, -0.2) is 31.2 Å². The lowest BCUT2D eigenvalue weighted by atomic mass is 9.58. The lowest BCUT2D eigenvalue weighted by Gasteiger charge is -2.58. The van der Waals surface area contributed by atoms with E-state index in [0.717, 1.165) is 29.6 Å². The van der Waals surface area contributed by atoms with Crippen molar-refractivity contribution in [3.8, 4) is 0 Å². The molecule has 128 valence electrons. The van der Waals surface area contributed by atoms with Gasteiger partial charge in [-0.05, 0) is 48.3 Å². The fourth-order valence-corrected chi connectivity index (χ4v) is 14.4. The number of rotatable bonds is 0. The summed E-state index contributed by atoms with van der Waals surface area (Å²) >= 11 is 9.22. The average Bonchev–Trinajstić information content (AvgIpc) is 3.17. The van der Waals surface area contributed by atoms with E-state index >= 15 is 0 Å². The fraction of sp³-hybridized carbons (Fsp3) is 0.895. The zero-order chi connectivity index (χ0) is 16.0. The van der Waals surface area contributed by atoms with E-state index in [1.807, 2.05) is 0 Å². The van der Waals surface area contributed by atoms with Gasteiger partial charge in [-0.1, -0.05) is 32.4 Å². The van der Waals surface area contributed by atoms with Crippen LogP contribution in [0.4, 0.5) is 0 Å². The molecule has 0 unspecified atom stereocenters. The highest BCUT2D eigenvalue weighted by atomic mass is 32.2. The second-order valence-electron chi connectivity index (χ2n) is 8.78. The number of fused-ring (bicyclic) bond motifs is 1. The van der Waals surface area contributed by atoms with Crippen molar-refractivity contribution in [2.75, 3.05) is 23.0 Å². The molecule has 0 aromatic rings. The third-order valence-electron chi connectivity index (χ3n) is 7.71. The fourth-order valence-electron chi connectivity index (χ4n) is 6.86. The molecule has 3 aliphatic carbocycles. The van der Waals surface area contributed by atoms with Crippen LogP contribution in [0.15, 0.2) is 11.6 Å². The second-order valence-corrected chi connectivity index (χ2v) is 14.8. The van der Waals surface area contributed by atoms with E-state index < -0.39 is 0 Å². The van der Waals surface area contributed by atoms with E-state index in [0.29, 0.717) is 13.6 Å². The summed E-state index contributed by atoms with van der Waals surface area (Å²) in [7, 11) is 0. The normalized spacial score (nSPS) is 48.2. The zero-order valence-electron chi connectivity index (χ0n) is 14.6. The molecule has 2 saturated carbocycles. The molecule has 5 aliphatic rings. The van der Waals surface area contributed by atoms with E-state index in [9.17, 15) is 0 Å². The Kier molecular flexibility index (Phi) is 3.62. The molecule has 0 aromatic carbocycles. The molecule has 2 heterocycles. The maximum Gasteiger partial charge on any atom is 0.0828 e. The van der Waals surface area contributed by atoms with E-state index in [4.69, 9.17) is 0 Å². The Morgan fingerprint density at radius 1 is 0.957 bits per heavy atom. The van der Waals surface area contributed by atoms with Crippen LogP contribution < -0.4 is 0 Å². The Bertz CT molecular complexity index is 554. The second kappa shape index (κ2) is 5.10. The van der Waals surface area contributed by atoms with Crippen LogP contribution in [0.3, 0.4) is 0 Å². The molecule has 0 N–H and O–H groups in total. The van der Waals surface area contributed by atoms with Gasteiger partial charge < -0.3 is 0 Å². The molecule has 2 saturated heterocycles. The summed E-state index contributed by atoms with van der Waals surface area (Å²) in [5, 5.41) is 0. The lowest BCUT2D eigenvalue weighted by molar-refractivity contribution is 0.0656. The summed E-state index contributed by atoms with van der Waals surface area (Å²) in [6, 6.07) is 0. The minimum Gasteiger partial charge on any atom is -0.143 e. The molecule has 0 radical (unpaired) electrons. The third kappa shape index (κ3) is 1.88. The monoisotopic (exact) mass is 384 g/mol. The summed E-state index contributed by atoms with van der Waals surface area (Å²) in [5.74, 6) is 9.98. The SMILES string of the molecule is CC1=CC2(SCCS2)[C@H]2[C@@H](C)[C@H]3CC4(SCCS4)C(C)(C)[C@H]2[C@H]13. The van der Waals surface area contributed by atoms with Gasteiger partial charge in [0.25, 0.3) is 0 Å². The van der Waals surface area contributed by atoms with Gasteiger partial charge in [-0.3, -0.25) is 0 Å². The van der Waals surface area contributed by atoms with Crippen molar-refractivity contribution in [3.63, 3.8) is 0 Å². The van der Waals surface area contributed by atoms with Crippen LogP contribution in [0.25, 0.3) is 0 Å². The number of allylic oxidation sites excluding steroid dienone is 1. The Hall–Kier alpha value is 1.14. The molecular formula is C19H28S4. The van der Waals surface area contributed by atoms with Gasteiger partial charge in [0, 0.05) is 23.0 Å². The molecule has 23 heavy (non-hydrogen) atoms. The van der Waals surface area contributed by atoms with Crippen LogP contribution in [0.5, 0.6) is 0 Å². The number of hydrogen-bond acceptors (Lipinski definition) is 4. The van der Waals surface area contributed by atoms with Gasteiger partial charge in [0.05, 0.1) is 8.16 Å². The first-order valence-electron chi connectivity index (χ1n) is 9.17. The molecule has 0 nitrogen and oxygen atoms in total. The van der Waals surface area contributed by atoms with Crippen molar-refractivity contribution in [1.82, 2.24) is 0 Å². The Morgan fingerprint density at radius 3 is 2.22 bits per heavy atom. The minimum atomic E-state index is 0.413. The van der Waals surface area contributed by atoms with Crippen molar-refractivity contribution in [3.05, 3.63) is 11.6 Å². The molecule has 0 amide bonds. The largest absolute Gasteiger partial charge is 0.143 e. The van der Waals surface area contributed by atoms with E-state index in [2.05, 4.69) is 80.8 Å². The van der Waals surface area contributed by atoms with Gasteiger partial charge in [-0.2, -0.15) is 0 Å². The molecule has 5 atom stereocenters. The average molecular weight is 385 g/mol. The van der Waals surface area contributed by atoms with Gasteiger partial charge in [0.2, 0.25) is 0 Å². The van der Waals surface area contributed by atoms with Gasteiger partial charge in [-0.15, -0.1) is 47.0 Å². The molecule has 4 fully saturated rings. The van der Waals surface area contributed by atoms with Crippen molar-refractivity contribution < 1.29 is 0 Å². The summed E-state index contributed by atoms with van der Waals surface area (Å²) in [6.45, 7) is 10.4. The Balaban J connectivity index is 1.67. The van der Waals surface area contributed by atoms with Crippen LogP contribution in [0.1, 0.15) is 34.1 Å². The van der Waals surface area contributed by atoms with Crippen molar-refractivity contribution in [1.29, 1.82) is 0 Å². The van der Waals surface area contributed by atoms with E-state index in [1.165, 1.54) is 29.4 Å². The zero-order valence-corrected chi connectivity index (χ0v) is 17.9. The van der Waals surface area contributed by atoms with E-state index in [1.54, 1.807) is 5.57 Å². The van der Waals surface area contributed by atoms with Crippen molar-refractivity contribution in [2.24, 2.45) is 35.0 Å². The third-order valence-corrected chi connectivity index (χ3v) is 15.3. The van der Waals surface area contributed by atoms with Crippen LogP contribution in [-0.2, 0) is 0 Å². The summed E-state index contributed by atoms with van der Waals surface area (Å²) in [5.41, 5.74) is 2.21. The highest BCUT2D eigenvalue weighted by molar-refractivity contribution is 8.22.